The molecule has 1 atom stereocenters. The molecule has 1 N–H and O–H groups in total. The van der Waals surface area contributed by atoms with Crippen molar-refractivity contribution in [2.24, 2.45) is 0 Å². The summed E-state index contributed by atoms with van der Waals surface area (Å²) in [4.78, 5) is 8.16. The minimum absolute atomic E-state index is 0.331. The number of aliphatic hydroxyl groups is 1. The lowest BCUT2D eigenvalue weighted by atomic mass is 10.0. The predicted octanol–water partition coefficient (Wildman–Crippen LogP) is 2.64. The molecule has 18 heavy (non-hydrogen) atoms. The standard InChI is InChI=1S/C13H13BrN2O2/c1-8-3-4-9(10(14)7-8)12(17)11-13(18-2)16-6-5-15-11/h3-7,12,17H,1-2H3. The van der Waals surface area contributed by atoms with Crippen molar-refractivity contribution < 1.29 is 9.84 Å². The molecule has 0 bridgehead atoms. The lowest BCUT2D eigenvalue weighted by Crippen LogP contribution is -2.07. The fraction of sp³-hybridized carbons (Fsp3) is 0.231. The van der Waals surface area contributed by atoms with Crippen molar-refractivity contribution in [1.82, 2.24) is 9.97 Å². The molecule has 0 aliphatic heterocycles. The summed E-state index contributed by atoms with van der Waals surface area (Å²) in [5.74, 6) is 0.331. The van der Waals surface area contributed by atoms with E-state index in [1.165, 1.54) is 19.5 Å². The number of aromatic nitrogens is 2. The molecule has 5 heteroatoms. The molecule has 1 unspecified atom stereocenters. The monoisotopic (exact) mass is 308 g/mol. The molecule has 0 aliphatic carbocycles. The first-order chi connectivity index (χ1) is 8.63. The number of rotatable bonds is 3. The van der Waals surface area contributed by atoms with Gasteiger partial charge in [-0.3, -0.25) is 4.98 Å². The Bertz CT molecular complexity index is 560. The number of nitrogens with zero attached hydrogens (tertiary/aromatic N) is 2. The van der Waals surface area contributed by atoms with Gasteiger partial charge < -0.3 is 9.84 Å². The van der Waals surface area contributed by atoms with Crippen LogP contribution in [0.15, 0.2) is 35.1 Å². The minimum atomic E-state index is -0.872. The summed E-state index contributed by atoms with van der Waals surface area (Å²) in [6.07, 6.45) is 2.19. The highest BCUT2D eigenvalue weighted by molar-refractivity contribution is 9.10. The van der Waals surface area contributed by atoms with Gasteiger partial charge in [0.1, 0.15) is 11.8 Å². The molecule has 0 saturated carbocycles. The second-order valence-corrected chi connectivity index (χ2v) is 4.73. The average Bonchev–Trinajstić information content (AvgIpc) is 2.38. The number of methoxy groups -OCH3 is 1. The SMILES string of the molecule is COc1nccnc1C(O)c1ccc(C)cc1Br. The van der Waals surface area contributed by atoms with Crippen molar-refractivity contribution in [2.45, 2.75) is 13.0 Å². The van der Waals surface area contributed by atoms with Crippen LogP contribution in [0.1, 0.15) is 22.9 Å². The van der Waals surface area contributed by atoms with E-state index in [-0.39, 0.29) is 0 Å². The van der Waals surface area contributed by atoms with Gasteiger partial charge in [-0.2, -0.15) is 0 Å². The van der Waals surface area contributed by atoms with Crippen LogP contribution in [-0.4, -0.2) is 22.2 Å². The number of halogens is 1. The Labute approximate surface area is 114 Å². The van der Waals surface area contributed by atoms with Crippen molar-refractivity contribution in [1.29, 1.82) is 0 Å². The van der Waals surface area contributed by atoms with E-state index in [2.05, 4.69) is 25.9 Å². The Hall–Kier alpha value is -1.46. The maximum Gasteiger partial charge on any atom is 0.238 e. The Morgan fingerprint density at radius 1 is 1.28 bits per heavy atom. The molecule has 2 aromatic rings. The van der Waals surface area contributed by atoms with E-state index in [1.807, 2.05) is 25.1 Å². The zero-order valence-corrected chi connectivity index (χ0v) is 11.7. The fourth-order valence-electron chi connectivity index (χ4n) is 1.68. The summed E-state index contributed by atoms with van der Waals surface area (Å²) in [6, 6.07) is 5.74. The van der Waals surface area contributed by atoms with Gasteiger partial charge in [0.2, 0.25) is 5.88 Å². The van der Waals surface area contributed by atoms with Gasteiger partial charge in [-0.15, -0.1) is 0 Å². The summed E-state index contributed by atoms with van der Waals surface area (Å²) in [5, 5.41) is 10.4. The third-order valence-corrected chi connectivity index (χ3v) is 3.28. The van der Waals surface area contributed by atoms with Crippen molar-refractivity contribution in [2.75, 3.05) is 7.11 Å². The second kappa shape index (κ2) is 5.46. The highest BCUT2D eigenvalue weighted by Crippen LogP contribution is 2.31. The van der Waals surface area contributed by atoms with Gasteiger partial charge in [0.25, 0.3) is 0 Å². The van der Waals surface area contributed by atoms with E-state index < -0.39 is 6.10 Å². The first kappa shape index (κ1) is 13.0. The molecule has 94 valence electrons. The average molecular weight is 309 g/mol. The fourth-order valence-corrected chi connectivity index (χ4v) is 2.39. The number of hydrogen-bond acceptors (Lipinski definition) is 4. The summed E-state index contributed by atoms with van der Waals surface area (Å²) < 4.78 is 5.94. The quantitative estimate of drug-likeness (QED) is 0.947. The molecular weight excluding hydrogens is 296 g/mol. The zero-order chi connectivity index (χ0) is 13.1. The molecule has 0 saturated heterocycles. The number of ether oxygens (including phenoxy) is 1. The van der Waals surface area contributed by atoms with Crippen molar-refractivity contribution in [3.63, 3.8) is 0 Å². The summed E-state index contributed by atoms with van der Waals surface area (Å²) in [5.41, 5.74) is 2.26. The first-order valence-corrected chi connectivity index (χ1v) is 6.21. The zero-order valence-electron chi connectivity index (χ0n) is 10.1. The smallest absolute Gasteiger partial charge is 0.238 e. The van der Waals surface area contributed by atoms with E-state index in [0.29, 0.717) is 11.6 Å². The summed E-state index contributed by atoms with van der Waals surface area (Å²) in [7, 11) is 1.50. The predicted molar refractivity (Wildman–Crippen MR) is 71.5 cm³/mol. The van der Waals surface area contributed by atoms with E-state index in [0.717, 1.165) is 15.6 Å². The maximum absolute atomic E-state index is 10.4. The molecular formula is C13H13BrN2O2. The van der Waals surface area contributed by atoms with Crippen LogP contribution in [0.5, 0.6) is 5.88 Å². The minimum Gasteiger partial charge on any atom is -0.480 e. The number of hydrogen-bond donors (Lipinski definition) is 1. The molecule has 4 nitrogen and oxygen atoms in total. The van der Waals surface area contributed by atoms with Gasteiger partial charge in [0.15, 0.2) is 0 Å². The van der Waals surface area contributed by atoms with Gasteiger partial charge in [0, 0.05) is 22.4 Å². The molecule has 0 spiro atoms. The third-order valence-electron chi connectivity index (χ3n) is 2.59. The molecule has 2 rings (SSSR count). The Morgan fingerprint density at radius 3 is 2.67 bits per heavy atom. The van der Waals surface area contributed by atoms with E-state index in [9.17, 15) is 5.11 Å². The van der Waals surface area contributed by atoms with Gasteiger partial charge in [-0.1, -0.05) is 28.1 Å². The van der Waals surface area contributed by atoms with Crippen molar-refractivity contribution >= 4 is 15.9 Å². The van der Waals surface area contributed by atoms with E-state index in [1.54, 1.807) is 0 Å². The van der Waals surface area contributed by atoms with Crippen LogP contribution < -0.4 is 4.74 Å². The molecule has 0 amide bonds. The molecule has 0 radical (unpaired) electrons. The van der Waals surface area contributed by atoms with Crippen LogP contribution >= 0.6 is 15.9 Å². The van der Waals surface area contributed by atoms with Gasteiger partial charge in [0.05, 0.1) is 7.11 Å². The first-order valence-electron chi connectivity index (χ1n) is 5.42. The second-order valence-electron chi connectivity index (χ2n) is 3.88. The lowest BCUT2D eigenvalue weighted by Gasteiger charge is -2.14. The molecule has 1 aromatic carbocycles. The molecule has 0 fully saturated rings. The van der Waals surface area contributed by atoms with Gasteiger partial charge in [-0.25, -0.2) is 4.98 Å². The van der Waals surface area contributed by atoms with Crippen LogP contribution in [0, 0.1) is 6.92 Å². The Balaban J connectivity index is 2.44. The van der Waals surface area contributed by atoms with E-state index >= 15 is 0 Å². The third kappa shape index (κ3) is 2.52. The van der Waals surface area contributed by atoms with Crippen molar-refractivity contribution in [3.05, 3.63) is 51.9 Å². The Kier molecular flexibility index (Phi) is 3.93. The molecule has 1 aromatic heterocycles. The van der Waals surface area contributed by atoms with Crippen LogP contribution in [-0.2, 0) is 0 Å². The summed E-state index contributed by atoms with van der Waals surface area (Å²) in [6.45, 7) is 1.99. The Morgan fingerprint density at radius 2 is 2.00 bits per heavy atom. The highest BCUT2D eigenvalue weighted by atomic mass is 79.9. The van der Waals surface area contributed by atoms with Gasteiger partial charge >= 0.3 is 0 Å². The van der Waals surface area contributed by atoms with E-state index in [4.69, 9.17) is 4.74 Å². The van der Waals surface area contributed by atoms with Gasteiger partial charge in [-0.05, 0) is 18.6 Å². The number of aliphatic hydroxyl groups excluding tert-OH is 1. The van der Waals surface area contributed by atoms with Crippen molar-refractivity contribution in [3.8, 4) is 5.88 Å². The highest BCUT2D eigenvalue weighted by Gasteiger charge is 2.19. The lowest BCUT2D eigenvalue weighted by molar-refractivity contribution is 0.207. The van der Waals surface area contributed by atoms with Crippen LogP contribution in [0.25, 0.3) is 0 Å². The topological polar surface area (TPSA) is 55.2 Å². The van der Waals surface area contributed by atoms with Crippen LogP contribution in [0.3, 0.4) is 0 Å². The maximum atomic E-state index is 10.4. The normalized spacial score (nSPS) is 12.2. The molecule has 0 aliphatic rings. The number of aryl methyl sites for hydroxylation is 1. The number of benzene rings is 1. The molecule has 1 heterocycles. The largest absolute Gasteiger partial charge is 0.480 e. The van der Waals surface area contributed by atoms with Crippen LogP contribution in [0.4, 0.5) is 0 Å². The summed E-state index contributed by atoms with van der Waals surface area (Å²) >= 11 is 3.44. The van der Waals surface area contributed by atoms with Crippen LogP contribution in [0.2, 0.25) is 0 Å².